The monoisotopic (exact) mass is 293 g/mol. The van der Waals surface area contributed by atoms with E-state index in [2.05, 4.69) is 4.98 Å². The Kier molecular flexibility index (Phi) is 3.91. The molecule has 0 amide bonds. The Bertz CT molecular complexity index is 716. The van der Waals surface area contributed by atoms with Gasteiger partial charge in [0.15, 0.2) is 0 Å². The smallest absolute Gasteiger partial charge is 0.246 e. The maximum absolute atomic E-state index is 12.4. The molecule has 0 aliphatic carbocycles. The van der Waals surface area contributed by atoms with E-state index in [4.69, 9.17) is 5.73 Å². The molecule has 7 heteroatoms. The Balaban J connectivity index is 2.29. The standard InChI is InChI=1S/C13H15N3O3S/c1-16(9-10-4-2-5-11(17)8-10)20(18,19)12-6-3-7-15-13(12)14/h2-8,17H,9H2,1H3,(H2,14,15). The molecule has 2 aromatic rings. The molecule has 2 rings (SSSR count). The van der Waals surface area contributed by atoms with Gasteiger partial charge >= 0.3 is 0 Å². The average molecular weight is 293 g/mol. The molecule has 0 aliphatic heterocycles. The van der Waals surface area contributed by atoms with E-state index >= 15 is 0 Å². The number of anilines is 1. The van der Waals surface area contributed by atoms with Crippen LogP contribution in [0.25, 0.3) is 0 Å². The highest BCUT2D eigenvalue weighted by atomic mass is 32.2. The lowest BCUT2D eigenvalue weighted by molar-refractivity contribution is 0.458. The third kappa shape index (κ3) is 2.89. The number of aromatic hydroxyl groups is 1. The van der Waals surface area contributed by atoms with Gasteiger partial charge in [-0.15, -0.1) is 0 Å². The van der Waals surface area contributed by atoms with Crippen molar-refractivity contribution in [3.8, 4) is 5.75 Å². The second-order valence-corrected chi connectivity index (χ2v) is 6.33. The summed E-state index contributed by atoms with van der Waals surface area (Å²) in [6, 6.07) is 9.36. The van der Waals surface area contributed by atoms with Gasteiger partial charge in [0.05, 0.1) is 0 Å². The van der Waals surface area contributed by atoms with Crippen molar-refractivity contribution in [3.63, 3.8) is 0 Å². The Morgan fingerprint density at radius 1 is 1.30 bits per heavy atom. The van der Waals surface area contributed by atoms with E-state index in [1.165, 1.54) is 37.5 Å². The van der Waals surface area contributed by atoms with Crippen LogP contribution in [0, 0.1) is 0 Å². The number of hydrogen-bond donors (Lipinski definition) is 2. The number of aromatic nitrogens is 1. The van der Waals surface area contributed by atoms with E-state index < -0.39 is 10.0 Å². The first kappa shape index (κ1) is 14.3. The summed E-state index contributed by atoms with van der Waals surface area (Å²) in [5.41, 5.74) is 6.28. The molecule has 1 aromatic heterocycles. The molecule has 0 radical (unpaired) electrons. The van der Waals surface area contributed by atoms with Crippen LogP contribution >= 0.6 is 0 Å². The topological polar surface area (TPSA) is 96.5 Å². The Labute approximate surface area is 117 Å². The molecule has 0 saturated heterocycles. The molecule has 1 heterocycles. The first-order valence-electron chi connectivity index (χ1n) is 5.86. The first-order valence-corrected chi connectivity index (χ1v) is 7.30. The van der Waals surface area contributed by atoms with Crippen molar-refractivity contribution in [3.05, 3.63) is 48.2 Å². The van der Waals surface area contributed by atoms with Crippen molar-refractivity contribution in [2.45, 2.75) is 11.4 Å². The van der Waals surface area contributed by atoms with Crippen LogP contribution in [0.4, 0.5) is 5.82 Å². The fourth-order valence-corrected chi connectivity index (χ4v) is 3.01. The van der Waals surface area contributed by atoms with Crippen molar-refractivity contribution in [1.82, 2.24) is 9.29 Å². The fraction of sp³-hybridized carbons (Fsp3) is 0.154. The zero-order valence-electron chi connectivity index (χ0n) is 10.9. The predicted molar refractivity (Wildman–Crippen MR) is 75.4 cm³/mol. The second kappa shape index (κ2) is 5.48. The molecule has 1 aromatic carbocycles. The van der Waals surface area contributed by atoms with Gasteiger partial charge < -0.3 is 10.8 Å². The van der Waals surface area contributed by atoms with E-state index in [9.17, 15) is 13.5 Å². The molecule has 20 heavy (non-hydrogen) atoms. The van der Waals surface area contributed by atoms with Gasteiger partial charge in [-0.2, -0.15) is 4.31 Å². The molecule has 0 atom stereocenters. The molecule has 0 aliphatic rings. The van der Waals surface area contributed by atoms with Crippen LogP contribution in [-0.2, 0) is 16.6 Å². The van der Waals surface area contributed by atoms with Crippen molar-refractivity contribution < 1.29 is 13.5 Å². The molecule has 0 spiro atoms. The molecule has 0 saturated carbocycles. The van der Waals surface area contributed by atoms with E-state index in [0.717, 1.165) is 4.31 Å². The molecule has 106 valence electrons. The number of benzene rings is 1. The number of phenols is 1. The van der Waals surface area contributed by atoms with Crippen molar-refractivity contribution >= 4 is 15.8 Å². The maximum Gasteiger partial charge on any atom is 0.246 e. The molecule has 0 unspecified atom stereocenters. The summed E-state index contributed by atoms with van der Waals surface area (Å²) in [4.78, 5) is 3.76. The van der Waals surface area contributed by atoms with Crippen LogP contribution < -0.4 is 5.73 Å². The van der Waals surface area contributed by atoms with Gasteiger partial charge in [0, 0.05) is 19.8 Å². The van der Waals surface area contributed by atoms with Crippen LogP contribution in [0.15, 0.2) is 47.5 Å². The Morgan fingerprint density at radius 2 is 2.05 bits per heavy atom. The Hall–Kier alpha value is -2.12. The number of hydrogen-bond acceptors (Lipinski definition) is 5. The number of pyridine rings is 1. The van der Waals surface area contributed by atoms with Crippen LogP contribution in [0.5, 0.6) is 5.75 Å². The van der Waals surface area contributed by atoms with Gasteiger partial charge in [0.25, 0.3) is 0 Å². The highest BCUT2D eigenvalue weighted by Crippen LogP contribution is 2.21. The summed E-state index contributed by atoms with van der Waals surface area (Å²) in [6.45, 7) is 0.130. The van der Waals surface area contributed by atoms with E-state index in [-0.39, 0.29) is 23.0 Å². The Morgan fingerprint density at radius 3 is 2.70 bits per heavy atom. The summed E-state index contributed by atoms with van der Waals surface area (Å²) >= 11 is 0. The number of rotatable bonds is 4. The highest BCUT2D eigenvalue weighted by Gasteiger charge is 2.23. The van der Waals surface area contributed by atoms with E-state index in [1.54, 1.807) is 12.1 Å². The summed E-state index contributed by atoms with van der Waals surface area (Å²) in [5.74, 6) is 0.0597. The molecule has 0 fully saturated rings. The summed E-state index contributed by atoms with van der Waals surface area (Å²) in [7, 11) is -2.27. The van der Waals surface area contributed by atoms with Crippen LogP contribution in [0.2, 0.25) is 0 Å². The van der Waals surface area contributed by atoms with E-state index in [1.807, 2.05) is 0 Å². The molecule has 0 bridgehead atoms. The van der Waals surface area contributed by atoms with Crippen LogP contribution in [0.3, 0.4) is 0 Å². The average Bonchev–Trinajstić information content (AvgIpc) is 2.39. The van der Waals surface area contributed by atoms with Crippen molar-refractivity contribution in [1.29, 1.82) is 0 Å². The number of nitrogens with two attached hydrogens (primary N) is 1. The zero-order valence-corrected chi connectivity index (χ0v) is 11.7. The first-order chi connectivity index (χ1) is 9.41. The van der Waals surface area contributed by atoms with Gasteiger partial charge in [-0.3, -0.25) is 0 Å². The van der Waals surface area contributed by atoms with Gasteiger partial charge in [0.1, 0.15) is 16.5 Å². The van der Waals surface area contributed by atoms with Crippen LogP contribution in [0.1, 0.15) is 5.56 Å². The van der Waals surface area contributed by atoms with Gasteiger partial charge in [-0.25, -0.2) is 13.4 Å². The lowest BCUT2D eigenvalue weighted by Crippen LogP contribution is -2.27. The SMILES string of the molecule is CN(Cc1cccc(O)c1)S(=O)(=O)c1cccnc1N. The summed E-state index contributed by atoms with van der Waals surface area (Å²) in [6.07, 6.45) is 1.43. The fourth-order valence-electron chi connectivity index (χ4n) is 1.79. The number of nitrogen functional groups attached to an aromatic ring is 1. The molecular weight excluding hydrogens is 278 g/mol. The second-order valence-electron chi connectivity index (χ2n) is 4.32. The van der Waals surface area contributed by atoms with Crippen molar-refractivity contribution in [2.75, 3.05) is 12.8 Å². The highest BCUT2D eigenvalue weighted by molar-refractivity contribution is 7.89. The quantitative estimate of drug-likeness (QED) is 0.882. The third-order valence-corrected chi connectivity index (χ3v) is 4.65. The summed E-state index contributed by atoms with van der Waals surface area (Å²) in [5, 5.41) is 9.39. The minimum absolute atomic E-state index is 0.0253. The third-order valence-electron chi connectivity index (χ3n) is 2.80. The van der Waals surface area contributed by atoms with Crippen LogP contribution in [-0.4, -0.2) is 29.9 Å². The molecular formula is C13H15N3O3S. The van der Waals surface area contributed by atoms with E-state index in [0.29, 0.717) is 5.56 Å². The van der Waals surface area contributed by atoms with Crippen molar-refractivity contribution in [2.24, 2.45) is 0 Å². The van der Waals surface area contributed by atoms with Gasteiger partial charge in [0.2, 0.25) is 10.0 Å². The van der Waals surface area contributed by atoms with Gasteiger partial charge in [-0.1, -0.05) is 12.1 Å². The van der Waals surface area contributed by atoms with Gasteiger partial charge in [-0.05, 0) is 29.8 Å². The minimum Gasteiger partial charge on any atom is -0.508 e. The lowest BCUT2D eigenvalue weighted by atomic mass is 10.2. The lowest BCUT2D eigenvalue weighted by Gasteiger charge is -2.18. The predicted octanol–water partition coefficient (Wildman–Crippen LogP) is 1.19. The maximum atomic E-state index is 12.4. The molecule has 3 N–H and O–H groups in total. The normalized spacial score (nSPS) is 11.7. The molecule has 6 nitrogen and oxygen atoms in total. The number of phenolic OH excluding ortho intramolecular Hbond substituents is 1. The number of sulfonamides is 1. The minimum atomic E-state index is -3.72. The largest absolute Gasteiger partial charge is 0.508 e. The zero-order chi connectivity index (χ0) is 14.8. The summed E-state index contributed by atoms with van der Waals surface area (Å²) < 4.78 is 25.9. The number of nitrogens with zero attached hydrogens (tertiary/aromatic N) is 2.